The maximum atomic E-state index is 14.0. The van der Waals surface area contributed by atoms with Gasteiger partial charge in [0, 0.05) is 31.3 Å². The predicted octanol–water partition coefficient (Wildman–Crippen LogP) is 2.75. The average molecular weight is 432 g/mol. The monoisotopic (exact) mass is 432 g/mol. The van der Waals surface area contributed by atoms with E-state index < -0.39 is 23.1 Å². The quantitative estimate of drug-likeness (QED) is 0.328. The third kappa shape index (κ3) is 2.89. The van der Waals surface area contributed by atoms with Gasteiger partial charge in [-0.1, -0.05) is 54.1 Å². The Bertz CT molecular complexity index is 1150. The minimum Gasteiger partial charge on any atom is -0.507 e. The fraction of sp³-hybridized carbons (Fsp3) is 0.240. The third-order valence-corrected chi connectivity index (χ3v) is 5.96. The SMILES string of the molecule is C=CCN1C(=O)[C@]2(C(=C(O)c3ccc(C)cc3)C(=O)C(=O)N2CCOC)c2ccccc21. The minimum atomic E-state index is -1.78. The van der Waals surface area contributed by atoms with Crippen LogP contribution in [-0.4, -0.2) is 54.4 Å². The molecular weight excluding hydrogens is 408 g/mol. The number of carbonyl (C=O) groups is 3. The summed E-state index contributed by atoms with van der Waals surface area (Å²) in [6.07, 6.45) is 1.58. The summed E-state index contributed by atoms with van der Waals surface area (Å²) in [4.78, 5) is 43.2. The summed E-state index contributed by atoms with van der Waals surface area (Å²) >= 11 is 0. The van der Waals surface area contributed by atoms with Crippen LogP contribution in [0.1, 0.15) is 16.7 Å². The van der Waals surface area contributed by atoms with Crippen LogP contribution in [0.3, 0.4) is 0 Å². The number of aryl methyl sites for hydroxylation is 1. The minimum absolute atomic E-state index is 0.00769. The normalized spacial score (nSPS) is 21.5. The van der Waals surface area contributed by atoms with Crippen LogP contribution in [0.2, 0.25) is 0 Å². The average Bonchev–Trinajstić information content (AvgIpc) is 3.17. The van der Waals surface area contributed by atoms with Gasteiger partial charge in [-0.3, -0.25) is 14.4 Å². The Morgan fingerprint density at radius 1 is 1.12 bits per heavy atom. The van der Waals surface area contributed by atoms with E-state index in [4.69, 9.17) is 4.74 Å². The number of aliphatic hydroxyl groups excluding tert-OH is 1. The van der Waals surface area contributed by atoms with Crippen molar-refractivity contribution in [1.82, 2.24) is 4.90 Å². The highest BCUT2D eigenvalue weighted by Gasteiger charge is 2.66. The molecule has 2 heterocycles. The van der Waals surface area contributed by atoms with Gasteiger partial charge in [0.1, 0.15) is 5.76 Å². The number of nitrogens with zero attached hydrogens (tertiary/aromatic N) is 2. The first kappa shape index (κ1) is 21.5. The molecule has 0 aliphatic carbocycles. The van der Waals surface area contributed by atoms with Crippen LogP contribution in [0.4, 0.5) is 5.69 Å². The maximum Gasteiger partial charge on any atom is 0.296 e. The Morgan fingerprint density at radius 2 is 1.81 bits per heavy atom. The smallest absolute Gasteiger partial charge is 0.296 e. The van der Waals surface area contributed by atoms with Crippen molar-refractivity contribution in [1.29, 1.82) is 0 Å². The first-order valence-corrected chi connectivity index (χ1v) is 10.3. The van der Waals surface area contributed by atoms with E-state index in [2.05, 4.69) is 6.58 Å². The summed E-state index contributed by atoms with van der Waals surface area (Å²) in [6, 6.07) is 13.9. The molecular formula is C25H24N2O5. The molecule has 7 heteroatoms. The lowest BCUT2D eigenvalue weighted by atomic mass is 9.82. The van der Waals surface area contributed by atoms with E-state index >= 15 is 0 Å². The van der Waals surface area contributed by atoms with Gasteiger partial charge in [0.2, 0.25) is 0 Å². The van der Waals surface area contributed by atoms with Gasteiger partial charge in [-0.2, -0.15) is 0 Å². The van der Waals surface area contributed by atoms with E-state index in [0.29, 0.717) is 16.8 Å². The molecule has 0 unspecified atom stereocenters. The number of ether oxygens (including phenoxy) is 1. The zero-order valence-electron chi connectivity index (χ0n) is 18.0. The first-order chi connectivity index (χ1) is 15.4. The van der Waals surface area contributed by atoms with Crippen molar-refractivity contribution in [2.24, 2.45) is 0 Å². The lowest BCUT2D eigenvalue weighted by Gasteiger charge is -2.34. The van der Waals surface area contributed by atoms with E-state index in [1.54, 1.807) is 54.6 Å². The van der Waals surface area contributed by atoms with Crippen molar-refractivity contribution < 1.29 is 24.2 Å². The zero-order chi connectivity index (χ0) is 23.0. The van der Waals surface area contributed by atoms with Crippen molar-refractivity contribution in [2.45, 2.75) is 12.5 Å². The fourth-order valence-corrected chi connectivity index (χ4v) is 4.52. The van der Waals surface area contributed by atoms with Crippen LogP contribution in [-0.2, 0) is 24.7 Å². The second-order valence-corrected chi connectivity index (χ2v) is 7.80. The molecule has 0 bridgehead atoms. The summed E-state index contributed by atoms with van der Waals surface area (Å²) < 4.78 is 5.16. The van der Waals surface area contributed by atoms with E-state index in [0.717, 1.165) is 5.56 Å². The molecule has 2 aliphatic heterocycles. The number of carbonyl (C=O) groups excluding carboxylic acids is 3. The molecule has 1 fully saturated rings. The van der Waals surface area contributed by atoms with Gasteiger partial charge < -0.3 is 19.6 Å². The van der Waals surface area contributed by atoms with Gasteiger partial charge in [0.25, 0.3) is 17.6 Å². The summed E-state index contributed by atoms with van der Waals surface area (Å²) in [7, 11) is 1.48. The van der Waals surface area contributed by atoms with E-state index in [9.17, 15) is 19.5 Å². The maximum absolute atomic E-state index is 14.0. The van der Waals surface area contributed by atoms with Crippen LogP contribution in [0.25, 0.3) is 5.76 Å². The first-order valence-electron chi connectivity index (χ1n) is 10.3. The summed E-state index contributed by atoms with van der Waals surface area (Å²) in [5, 5.41) is 11.3. The van der Waals surface area contributed by atoms with Crippen molar-refractivity contribution >= 4 is 29.0 Å². The number of rotatable bonds is 6. The lowest BCUT2D eigenvalue weighted by molar-refractivity contribution is -0.144. The molecule has 164 valence electrons. The molecule has 2 aromatic rings. The van der Waals surface area contributed by atoms with Gasteiger partial charge in [0.15, 0.2) is 5.54 Å². The molecule has 0 aromatic heterocycles. The number of benzene rings is 2. The number of hydrogen-bond acceptors (Lipinski definition) is 5. The predicted molar refractivity (Wildman–Crippen MR) is 120 cm³/mol. The highest BCUT2D eigenvalue weighted by Crippen LogP contribution is 2.53. The topological polar surface area (TPSA) is 87.2 Å². The number of fused-ring (bicyclic) bond motifs is 2. The molecule has 2 aromatic carbocycles. The summed E-state index contributed by atoms with van der Waals surface area (Å²) in [6.45, 7) is 5.95. The number of anilines is 1. The van der Waals surface area contributed by atoms with E-state index in [-0.39, 0.29) is 31.0 Å². The number of aliphatic hydroxyl groups is 1. The van der Waals surface area contributed by atoms with Crippen molar-refractivity contribution in [3.63, 3.8) is 0 Å². The second kappa shape index (κ2) is 8.09. The standard InChI is InChI=1S/C25H24N2O5/c1-4-13-26-19-8-6-5-7-18(19)25(24(26)31)20(21(28)17-11-9-16(2)10-12-17)22(29)23(30)27(25)14-15-32-3/h4-12,28H,1,13-15H2,2-3H3/t25-/m1/s1. The van der Waals surface area contributed by atoms with Gasteiger partial charge >= 0.3 is 0 Å². The number of hydrogen-bond donors (Lipinski definition) is 1. The number of methoxy groups -OCH3 is 1. The van der Waals surface area contributed by atoms with Crippen LogP contribution >= 0.6 is 0 Å². The van der Waals surface area contributed by atoms with Crippen LogP contribution < -0.4 is 4.90 Å². The summed E-state index contributed by atoms with van der Waals surface area (Å²) in [5.41, 5.74) is 0.351. The molecule has 0 saturated carbocycles. The Kier molecular flexibility index (Phi) is 5.44. The Morgan fingerprint density at radius 3 is 2.47 bits per heavy atom. The number of Topliss-reactive ketones (excluding diaryl/α,β-unsaturated/α-hetero) is 1. The molecule has 32 heavy (non-hydrogen) atoms. The highest BCUT2D eigenvalue weighted by atomic mass is 16.5. The van der Waals surface area contributed by atoms with Gasteiger partial charge in [-0.15, -0.1) is 6.58 Å². The highest BCUT2D eigenvalue weighted by molar-refractivity contribution is 6.50. The molecule has 1 saturated heterocycles. The zero-order valence-corrected chi connectivity index (χ0v) is 18.0. The van der Waals surface area contributed by atoms with Crippen LogP contribution in [0.5, 0.6) is 0 Å². The molecule has 0 radical (unpaired) electrons. The lowest BCUT2D eigenvalue weighted by Crippen LogP contribution is -2.52. The molecule has 1 spiro atoms. The van der Waals surface area contributed by atoms with Crippen LogP contribution in [0.15, 0.2) is 66.8 Å². The second-order valence-electron chi connectivity index (χ2n) is 7.80. The van der Waals surface area contributed by atoms with E-state index in [1.807, 2.05) is 6.92 Å². The molecule has 2 aliphatic rings. The number of amides is 2. The Labute approximate surface area is 186 Å². The molecule has 1 N–H and O–H groups in total. The molecule has 1 atom stereocenters. The number of likely N-dealkylation sites (tertiary alicyclic amines) is 1. The van der Waals surface area contributed by atoms with Gasteiger partial charge in [0.05, 0.1) is 17.9 Å². The van der Waals surface area contributed by atoms with Gasteiger partial charge in [-0.25, -0.2) is 0 Å². The van der Waals surface area contributed by atoms with E-state index in [1.165, 1.54) is 16.9 Å². The fourth-order valence-electron chi connectivity index (χ4n) is 4.52. The molecule has 4 rings (SSSR count). The van der Waals surface area contributed by atoms with Crippen molar-refractivity contribution in [3.05, 3.63) is 83.4 Å². The molecule has 7 nitrogen and oxygen atoms in total. The van der Waals surface area contributed by atoms with Crippen molar-refractivity contribution in [3.8, 4) is 0 Å². The summed E-state index contributed by atoms with van der Waals surface area (Å²) in [5.74, 6) is -2.61. The molecule has 2 amide bonds. The Hall–Kier alpha value is -3.71. The Balaban J connectivity index is 2.06. The van der Waals surface area contributed by atoms with Crippen LogP contribution in [0, 0.1) is 6.92 Å². The van der Waals surface area contributed by atoms with Gasteiger partial charge in [-0.05, 0) is 13.0 Å². The largest absolute Gasteiger partial charge is 0.507 e. The number of para-hydroxylation sites is 1. The number of ketones is 1. The third-order valence-electron chi connectivity index (χ3n) is 5.96. The van der Waals surface area contributed by atoms with Crippen molar-refractivity contribution in [2.75, 3.05) is 31.7 Å².